The molecule has 18 heavy (non-hydrogen) atoms. The minimum Gasteiger partial charge on any atom is -0.311 e. The van der Waals surface area contributed by atoms with E-state index in [-0.39, 0.29) is 0 Å². The van der Waals surface area contributed by atoms with E-state index in [2.05, 4.69) is 24.1 Å². The molecule has 0 spiro atoms. The van der Waals surface area contributed by atoms with Crippen molar-refractivity contribution in [3.8, 4) is 0 Å². The Kier molecular flexibility index (Phi) is 3.95. The average molecular weight is 250 g/mol. The largest absolute Gasteiger partial charge is 0.311 e. The Morgan fingerprint density at radius 3 is 2.72 bits per heavy atom. The molecule has 1 N–H and O–H groups in total. The second-order valence-corrected chi connectivity index (χ2v) is 7.22. The molecular formula is C16H30N2. The molecule has 1 aliphatic carbocycles. The molecule has 3 fully saturated rings. The quantitative estimate of drug-likeness (QED) is 0.810. The Hall–Kier alpha value is -0.0800. The summed E-state index contributed by atoms with van der Waals surface area (Å²) in [5.41, 5.74) is 0. The Bertz CT molecular complexity index is 278. The van der Waals surface area contributed by atoms with E-state index < -0.39 is 0 Å². The number of fused-ring (bicyclic) bond motifs is 1. The van der Waals surface area contributed by atoms with Gasteiger partial charge in [0.1, 0.15) is 0 Å². The molecule has 2 saturated heterocycles. The molecule has 0 aromatic rings. The van der Waals surface area contributed by atoms with Gasteiger partial charge in [0.25, 0.3) is 0 Å². The summed E-state index contributed by atoms with van der Waals surface area (Å²) in [7, 11) is 0. The van der Waals surface area contributed by atoms with Gasteiger partial charge in [-0.2, -0.15) is 0 Å². The van der Waals surface area contributed by atoms with Gasteiger partial charge in [-0.25, -0.2) is 0 Å². The van der Waals surface area contributed by atoms with Crippen molar-refractivity contribution in [1.29, 1.82) is 0 Å². The lowest BCUT2D eigenvalue weighted by Crippen LogP contribution is -2.51. The van der Waals surface area contributed by atoms with Gasteiger partial charge in [0.2, 0.25) is 0 Å². The van der Waals surface area contributed by atoms with Crippen LogP contribution in [0.1, 0.15) is 58.8 Å². The minimum absolute atomic E-state index is 0.798. The topological polar surface area (TPSA) is 15.3 Å². The van der Waals surface area contributed by atoms with Gasteiger partial charge in [0, 0.05) is 18.1 Å². The predicted molar refractivity (Wildman–Crippen MR) is 76.7 cm³/mol. The number of nitrogens with zero attached hydrogens (tertiary/aromatic N) is 1. The van der Waals surface area contributed by atoms with Crippen LogP contribution in [0.5, 0.6) is 0 Å². The first-order chi connectivity index (χ1) is 8.72. The summed E-state index contributed by atoms with van der Waals surface area (Å²) >= 11 is 0. The molecule has 104 valence electrons. The van der Waals surface area contributed by atoms with Gasteiger partial charge < -0.3 is 10.2 Å². The lowest BCUT2D eigenvalue weighted by molar-refractivity contribution is 0.138. The Morgan fingerprint density at radius 2 is 1.83 bits per heavy atom. The van der Waals surface area contributed by atoms with Gasteiger partial charge in [-0.05, 0) is 63.5 Å². The molecule has 2 nitrogen and oxygen atoms in total. The lowest BCUT2D eigenvalue weighted by Gasteiger charge is -2.40. The van der Waals surface area contributed by atoms with Gasteiger partial charge in [-0.1, -0.05) is 20.3 Å². The monoisotopic (exact) mass is 250 g/mol. The maximum atomic E-state index is 4.02. The third kappa shape index (κ3) is 2.75. The minimum atomic E-state index is 0.798. The van der Waals surface area contributed by atoms with Crippen LogP contribution in [0.2, 0.25) is 0 Å². The molecule has 2 heterocycles. The summed E-state index contributed by atoms with van der Waals surface area (Å²) in [4.78, 5) is 2.73. The fourth-order valence-electron chi connectivity index (χ4n) is 4.44. The molecule has 0 aromatic heterocycles. The van der Waals surface area contributed by atoms with Gasteiger partial charge in [-0.15, -0.1) is 0 Å². The lowest BCUT2D eigenvalue weighted by atomic mass is 9.79. The van der Waals surface area contributed by atoms with E-state index in [1.54, 1.807) is 0 Å². The molecule has 1 saturated carbocycles. The van der Waals surface area contributed by atoms with Crippen LogP contribution in [0.3, 0.4) is 0 Å². The zero-order chi connectivity index (χ0) is 12.5. The summed E-state index contributed by atoms with van der Waals surface area (Å²) in [5.74, 6) is 1.83. The van der Waals surface area contributed by atoms with Crippen LogP contribution < -0.4 is 5.32 Å². The maximum Gasteiger partial charge on any atom is 0.0111 e. The van der Waals surface area contributed by atoms with Crippen LogP contribution in [0.4, 0.5) is 0 Å². The van der Waals surface area contributed by atoms with E-state index in [1.807, 2.05) is 0 Å². The Balaban J connectivity index is 1.52. The molecular weight excluding hydrogens is 220 g/mol. The van der Waals surface area contributed by atoms with Crippen molar-refractivity contribution in [2.45, 2.75) is 76.9 Å². The summed E-state index contributed by atoms with van der Waals surface area (Å²) in [6, 6.07) is 2.52. The fraction of sp³-hybridized carbons (Fsp3) is 1.00. The van der Waals surface area contributed by atoms with Crippen LogP contribution >= 0.6 is 0 Å². The van der Waals surface area contributed by atoms with Crippen molar-refractivity contribution in [2.24, 2.45) is 11.8 Å². The SMILES string of the molecule is CC1CCC(C)C(NC2CCN3CCCC3C2)C1. The van der Waals surface area contributed by atoms with E-state index in [0.29, 0.717) is 0 Å². The van der Waals surface area contributed by atoms with E-state index in [0.717, 1.165) is 30.0 Å². The number of hydrogen-bond donors (Lipinski definition) is 1. The summed E-state index contributed by atoms with van der Waals surface area (Å²) in [5, 5.41) is 4.02. The number of nitrogens with one attached hydrogen (secondary N) is 1. The number of rotatable bonds is 2. The van der Waals surface area contributed by atoms with Crippen molar-refractivity contribution < 1.29 is 0 Å². The second-order valence-electron chi connectivity index (χ2n) is 7.22. The molecule has 2 aliphatic heterocycles. The fourth-order valence-corrected chi connectivity index (χ4v) is 4.44. The van der Waals surface area contributed by atoms with Gasteiger partial charge >= 0.3 is 0 Å². The third-order valence-corrected chi connectivity index (χ3v) is 5.73. The molecule has 5 unspecified atom stereocenters. The highest BCUT2D eigenvalue weighted by molar-refractivity contribution is 4.92. The first-order valence-electron chi connectivity index (χ1n) is 8.22. The first kappa shape index (κ1) is 12.9. The van der Waals surface area contributed by atoms with E-state index in [4.69, 9.17) is 0 Å². The highest BCUT2D eigenvalue weighted by Gasteiger charge is 2.34. The molecule has 0 bridgehead atoms. The van der Waals surface area contributed by atoms with Crippen LogP contribution in [-0.2, 0) is 0 Å². The highest BCUT2D eigenvalue weighted by Crippen LogP contribution is 2.31. The Morgan fingerprint density at radius 1 is 0.944 bits per heavy atom. The number of hydrogen-bond acceptors (Lipinski definition) is 2. The van der Waals surface area contributed by atoms with E-state index in [9.17, 15) is 0 Å². The van der Waals surface area contributed by atoms with Crippen molar-refractivity contribution in [1.82, 2.24) is 10.2 Å². The standard InChI is InChI=1S/C16H30N2/c1-12-5-6-13(2)16(10-12)17-14-7-9-18-8-3-4-15(18)11-14/h12-17H,3-11H2,1-2H3. The van der Waals surface area contributed by atoms with Gasteiger partial charge in [0.05, 0.1) is 0 Å². The Labute approximate surface area is 113 Å². The smallest absolute Gasteiger partial charge is 0.0111 e. The molecule has 0 amide bonds. The summed E-state index contributed by atoms with van der Waals surface area (Å²) in [6.07, 6.45) is 9.97. The van der Waals surface area contributed by atoms with Crippen LogP contribution in [-0.4, -0.2) is 36.1 Å². The van der Waals surface area contributed by atoms with E-state index in [1.165, 1.54) is 58.0 Å². The molecule has 3 rings (SSSR count). The first-order valence-corrected chi connectivity index (χ1v) is 8.22. The van der Waals surface area contributed by atoms with Gasteiger partial charge in [0.15, 0.2) is 0 Å². The summed E-state index contributed by atoms with van der Waals surface area (Å²) in [6.45, 7) is 7.60. The summed E-state index contributed by atoms with van der Waals surface area (Å²) < 4.78 is 0. The molecule has 5 atom stereocenters. The van der Waals surface area contributed by atoms with Crippen molar-refractivity contribution in [3.63, 3.8) is 0 Å². The zero-order valence-corrected chi connectivity index (χ0v) is 12.2. The van der Waals surface area contributed by atoms with E-state index >= 15 is 0 Å². The number of piperidine rings is 1. The molecule has 3 aliphatic rings. The average Bonchev–Trinajstić information content (AvgIpc) is 2.81. The van der Waals surface area contributed by atoms with Crippen molar-refractivity contribution in [3.05, 3.63) is 0 Å². The van der Waals surface area contributed by atoms with Crippen molar-refractivity contribution >= 4 is 0 Å². The molecule has 0 radical (unpaired) electrons. The molecule has 2 heteroatoms. The predicted octanol–water partition coefficient (Wildman–Crippen LogP) is 3.03. The van der Waals surface area contributed by atoms with Crippen molar-refractivity contribution in [2.75, 3.05) is 13.1 Å². The van der Waals surface area contributed by atoms with Crippen LogP contribution in [0.25, 0.3) is 0 Å². The molecule has 0 aromatic carbocycles. The zero-order valence-electron chi connectivity index (χ0n) is 12.2. The normalized spacial score (nSPS) is 46.0. The second kappa shape index (κ2) is 5.50. The van der Waals surface area contributed by atoms with Crippen LogP contribution in [0, 0.1) is 11.8 Å². The van der Waals surface area contributed by atoms with Crippen LogP contribution in [0.15, 0.2) is 0 Å². The highest BCUT2D eigenvalue weighted by atomic mass is 15.2. The van der Waals surface area contributed by atoms with Gasteiger partial charge in [-0.3, -0.25) is 0 Å². The maximum absolute atomic E-state index is 4.02. The third-order valence-electron chi connectivity index (χ3n) is 5.73.